The van der Waals surface area contributed by atoms with E-state index in [4.69, 9.17) is 0 Å². The molecule has 0 aliphatic carbocycles. The first-order valence-corrected chi connectivity index (χ1v) is 14.2. The summed E-state index contributed by atoms with van der Waals surface area (Å²) in [7, 11) is 2.39. The Morgan fingerprint density at radius 2 is 1.87 bits per heavy atom. The monoisotopic (exact) mass is 627 g/mol. The zero-order valence-electron chi connectivity index (χ0n) is 25.5. The highest BCUT2D eigenvalue weighted by molar-refractivity contribution is 5.90. The van der Waals surface area contributed by atoms with Crippen LogP contribution >= 0.6 is 0 Å². The molecule has 15 heteroatoms. The number of hydrogen-bond donors (Lipinski definition) is 2. The minimum Gasteiger partial charge on any atom is -0.453 e. The quantitative estimate of drug-likeness (QED) is 0.340. The number of carbonyl (C=O) groups is 4. The van der Waals surface area contributed by atoms with E-state index in [0.29, 0.717) is 22.4 Å². The van der Waals surface area contributed by atoms with Crippen LogP contribution in [0.1, 0.15) is 66.0 Å². The topological polar surface area (TPSA) is 158 Å². The number of nitrogens with zero attached hydrogens (tertiary/aromatic N) is 5. The first-order valence-electron chi connectivity index (χ1n) is 14.2. The smallest absolute Gasteiger partial charge is 0.436 e. The fourth-order valence-electron chi connectivity index (χ4n) is 5.11. The molecule has 240 valence electrons. The van der Waals surface area contributed by atoms with Crippen LogP contribution in [0.5, 0.6) is 0 Å². The van der Waals surface area contributed by atoms with Gasteiger partial charge in [0.2, 0.25) is 17.8 Å². The Kier molecular flexibility index (Phi) is 10.4. The van der Waals surface area contributed by atoms with Crippen LogP contribution in [0.2, 0.25) is 0 Å². The minimum atomic E-state index is -1.48. The van der Waals surface area contributed by atoms with Gasteiger partial charge in [-0.1, -0.05) is 49.4 Å². The van der Waals surface area contributed by atoms with Gasteiger partial charge < -0.3 is 25.0 Å². The number of halogens is 2. The molecule has 0 saturated carbocycles. The number of alkyl carbamates (subject to hydrolysis) is 1. The van der Waals surface area contributed by atoms with Gasteiger partial charge in [-0.3, -0.25) is 9.59 Å². The van der Waals surface area contributed by atoms with Crippen molar-refractivity contribution in [3.63, 3.8) is 0 Å². The summed E-state index contributed by atoms with van der Waals surface area (Å²) in [5.74, 6) is -2.14. The van der Waals surface area contributed by atoms with Crippen LogP contribution in [0, 0.1) is 12.9 Å². The lowest BCUT2D eigenvalue weighted by Crippen LogP contribution is -2.47. The number of aromatic nitrogens is 4. The largest absolute Gasteiger partial charge is 0.453 e. The Morgan fingerprint density at radius 3 is 2.53 bits per heavy atom. The van der Waals surface area contributed by atoms with E-state index in [1.807, 2.05) is 13.8 Å². The molecule has 0 bridgehead atoms. The van der Waals surface area contributed by atoms with Crippen molar-refractivity contribution in [2.45, 2.75) is 64.3 Å². The van der Waals surface area contributed by atoms with E-state index >= 15 is 4.39 Å². The van der Waals surface area contributed by atoms with Crippen LogP contribution in [0.15, 0.2) is 36.4 Å². The van der Waals surface area contributed by atoms with Crippen molar-refractivity contribution in [1.29, 1.82) is 0 Å². The predicted octanol–water partition coefficient (Wildman–Crippen LogP) is 3.10. The average molecular weight is 628 g/mol. The molecule has 3 aromatic rings. The number of aryl methyl sites for hydroxylation is 1. The van der Waals surface area contributed by atoms with Crippen molar-refractivity contribution in [2.24, 2.45) is 0 Å². The SMILES string of the molecule is COC(=O)NCc1cccc([C@H](NC(=O)[C@@H]2C[C@@H](F)CN2C(=O)Cc2c(C)nnn2C(=O)OC)c2ccc(C(C)C)c(F)n2)c1. The Hall–Kier alpha value is -4.95. The van der Waals surface area contributed by atoms with Crippen molar-refractivity contribution >= 4 is 24.0 Å². The number of benzene rings is 1. The van der Waals surface area contributed by atoms with Crippen LogP contribution in [-0.4, -0.2) is 81.9 Å². The Balaban J connectivity index is 1.63. The van der Waals surface area contributed by atoms with Crippen LogP contribution in [0.3, 0.4) is 0 Å². The number of rotatable bonds is 9. The molecular weight excluding hydrogens is 592 g/mol. The number of likely N-dealkylation sites (tertiary alicyclic amines) is 1. The molecule has 1 aromatic carbocycles. The number of ether oxygens (including phenoxy) is 2. The lowest BCUT2D eigenvalue weighted by Gasteiger charge is -2.27. The van der Waals surface area contributed by atoms with Crippen molar-refractivity contribution < 1.29 is 37.4 Å². The molecular formula is C30H35F2N7O6. The van der Waals surface area contributed by atoms with Gasteiger partial charge in [0.1, 0.15) is 12.2 Å². The summed E-state index contributed by atoms with van der Waals surface area (Å²) in [6.07, 6.45) is -3.62. The van der Waals surface area contributed by atoms with Crippen LogP contribution in [-0.2, 0) is 32.0 Å². The maximum atomic E-state index is 15.1. The summed E-state index contributed by atoms with van der Waals surface area (Å²) >= 11 is 0. The number of alkyl halides is 1. The molecule has 2 N–H and O–H groups in total. The van der Waals surface area contributed by atoms with Crippen LogP contribution < -0.4 is 10.6 Å². The van der Waals surface area contributed by atoms with Crippen molar-refractivity contribution in [3.05, 3.63) is 76.1 Å². The third-order valence-corrected chi connectivity index (χ3v) is 7.51. The van der Waals surface area contributed by atoms with Crippen molar-refractivity contribution in [1.82, 2.24) is 35.5 Å². The summed E-state index contributed by atoms with van der Waals surface area (Å²) in [5.41, 5.74) is 2.18. The highest BCUT2D eigenvalue weighted by atomic mass is 19.1. The number of carbonyl (C=O) groups excluding carboxylic acids is 4. The number of hydrogen-bond acceptors (Lipinski definition) is 9. The first-order chi connectivity index (χ1) is 21.4. The Bertz CT molecular complexity index is 1580. The van der Waals surface area contributed by atoms with E-state index in [1.165, 1.54) is 7.11 Å². The van der Waals surface area contributed by atoms with Gasteiger partial charge in [-0.25, -0.2) is 19.0 Å². The third kappa shape index (κ3) is 7.59. The summed E-state index contributed by atoms with van der Waals surface area (Å²) in [6.45, 7) is 4.97. The predicted molar refractivity (Wildman–Crippen MR) is 155 cm³/mol. The average Bonchev–Trinajstić information content (AvgIpc) is 3.60. The lowest BCUT2D eigenvalue weighted by molar-refractivity contribution is -0.138. The van der Waals surface area contributed by atoms with Gasteiger partial charge >= 0.3 is 12.2 Å². The Morgan fingerprint density at radius 1 is 1.11 bits per heavy atom. The second-order valence-corrected chi connectivity index (χ2v) is 10.9. The fraction of sp³-hybridized carbons (Fsp3) is 0.433. The lowest BCUT2D eigenvalue weighted by atomic mass is 9.98. The van der Waals surface area contributed by atoms with E-state index in [9.17, 15) is 23.6 Å². The summed E-state index contributed by atoms with van der Waals surface area (Å²) in [5, 5.41) is 12.9. The van der Waals surface area contributed by atoms with Crippen molar-refractivity contribution in [2.75, 3.05) is 20.8 Å². The molecule has 1 aliphatic heterocycles. The molecule has 0 spiro atoms. The van der Waals surface area contributed by atoms with Gasteiger partial charge in [0.15, 0.2) is 0 Å². The maximum absolute atomic E-state index is 15.1. The molecule has 13 nitrogen and oxygen atoms in total. The fourth-order valence-corrected chi connectivity index (χ4v) is 5.11. The molecule has 0 radical (unpaired) electrons. The van der Waals surface area contributed by atoms with E-state index in [0.717, 1.165) is 16.7 Å². The molecule has 1 fully saturated rings. The van der Waals surface area contributed by atoms with Gasteiger partial charge in [-0.15, -0.1) is 9.78 Å². The van der Waals surface area contributed by atoms with E-state index < -0.39 is 48.2 Å². The molecule has 45 heavy (non-hydrogen) atoms. The second-order valence-electron chi connectivity index (χ2n) is 10.9. The number of pyridine rings is 1. The van der Waals surface area contributed by atoms with E-state index in [1.54, 1.807) is 43.3 Å². The van der Waals surface area contributed by atoms with E-state index in [-0.39, 0.29) is 43.2 Å². The molecule has 3 heterocycles. The molecule has 3 amide bonds. The summed E-state index contributed by atoms with van der Waals surface area (Å²) < 4.78 is 40.0. The number of amides is 3. The summed E-state index contributed by atoms with van der Waals surface area (Å²) in [4.78, 5) is 56.1. The number of methoxy groups -OCH3 is 2. The van der Waals surface area contributed by atoms with Crippen molar-refractivity contribution in [3.8, 4) is 0 Å². The highest BCUT2D eigenvalue weighted by Crippen LogP contribution is 2.28. The third-order valence-electron chi connectivity index (χ3n) is 7.51. The molecule has 2 aromatic heterocycles. The molecule has 3 atom stereocenters. The Labute approximate surface area is 258 Å². The molecule has 4 rings (SSSR count). The van der Waals surface area contributed by atoms with Gasteiger partial charge in [-0.05, 0) is 30.0 Å². The molecule has 0 unspecified atom stereocenters. The highest BCUT2D eigenvalue weighted by Gasteiger charge is 2.41. The summed E-state index contributed by atoms with van der Waals surface area (Å²) in [6, 6.07) is 7.84. The minimum absolute atomic E-state index is 0.111. The number of nitrogens with one attached hydrogen (secondary N) is 2. The standard InChI is InChI=1S/C30H35F2N7O6/c1-16(2)21-9-10-22(34-27(21)32)26(19-8-6-7-18(11-19)14-33-29(42)44-4)35-28(41)24-12-20(31)15-38(24)25(40)13-23-17(3)36-37-39(23)30(43)45-5/h6-11,16,20,24,26H,12-15H2,1-5H3,(H,33,42)(H,35,41)/t20-,24+,26+/m1/s1. The van der Waals surface area contributed by atoms with Gasteiger partial charge in [0, 0.05) is 18.5 Å². The maximum Gasteiger partial charge on any atom is 0.436 e. The van der Waals surface area contributed by atoms with Gasteiger partial charge in [-0.2, -0.15) is 4.39 Å². The molecule has 1 saturated heterocycles. The zero-order chi connectivity index (χ0) is 32.8. The van der Waals surface area contributed by atoms with Crippen LogP contribution in [0.25, 0.3) is 0 Å². The van der Waals surface area contributed by atoms with Gasteiger partial charge in [0.25, 0.3) is 0 Å². The van der Waals surface area contributed by atoms with Gasteiger partial charge in [0.05, 0.1) is 50.3 Å². The normalized spacial score (nSPS) is 16.8. The first kappa shape index (κ1) is 33.0. The van der Waals surface area contributed by atoms with E-state index in [2.05, 4.69) is 35.4 Å². The molecule has 1 aliphatic rings. The second kappa shape index (κ2) is 14.2. The zero-order valence-corrected chi connectivity index (χ0v) is 25.5. The van der Waals surface area contributed by atoms with Crippen LogP contribution in [0.4, 0.5) is 18.4 Å².